The lowest BCUT2D eigenvalue weighted by molar-refractivity contribution is -0.150. The third kappa shape index (κ3) is 4.85. The number of aliphatic hydroxyl groups excluding tert-OH is 1. The van der Waals surface area contributed by atoms with Crippen LogP contribution in [0.15, 0.2) is 0 Å². The molecule has 1 atom stereocenters. The molecule has 1 saturated heterocycles. The van der Waals surface area contributed by atoms with Gasteiger partial charge in [-0.3, -0.25) is 14.4 Å². The summed E-state index contributed by atoms with van der Waals surface area (Å²) in [5.74, 6) is -1.02. The number of halogens is 1. The zero-order valence-electron chi connectivity index (χ0n) is 12.1. The summed E-state index contributed by atoms with van der Waals surface area (Å²) in [4.78, 5) is 36.5. The highest BCUT2D eigenvalue weighted by atomic mass is 35.5. The minimum Gasteiger partial charge on any atom is -0.371 e. The summed E-state index contributed by atoms with van der Waals surface area (Å²) >= 11 is 5.43. The average molecular weight is 308 g/mol. The van der Waals surface area contributed by atoms with E-state index < -0.39 is 35.2 Å². The van der Waals surface area contributed by atoms with E-state index in [0.717, 1.165) is 0 Å². The molecule has 0 aliphatic carbocycles. The molecule has 6 nitrogen and oxygen atoms in total. The fourth-order valence-corrected chi connectivity index (χ4v) is 2.05. The van der Waals surface area contributed by atoms with Crippen LogP contribution in [0.1, 0.15) is 40.0 Å². The van der Waals surface area contributed by atoms with E-state index >= 15 is 0 Å². The lowest BCUT2D eigenvalue weighted by Crippen LogP contribution is -2.46. The van der Waals surface area contributed by atoms with Gasteiger partial charge in [-0.1, -0.05) is 20.8 Å². The maximum atomic E-state index is 12.0. The molecular weight excluding hydrogens is 286 g/mol. The van der Waals surface area contributed by atoms with Crippen molar-refractivity contribution in [2.75, 3.05) is 13.3 Å². The van der Waals surface area contributed by atoms with Crippen LogP contribution in [-0.2, 0) is 14.4 Å². The van der Waals surface area contributed by atoms with Gasteiger partial charge in [0.25, 0.3) is 5.91 Å². The summed E-state index contributed by atoms with van der Waals surface area (Å²) in [5.41, 5.74) is -0.681. The minimum absolute atomic E-state index is 0.438. The van der Waals surface area contributed by atoms with Gasteiger partial charge in [0.1, 0.15) is 12.8 Å². The molecule has 20 heavy (non-hydrogen) atoms. The lowest BCUT2D eigenvalue weighted by atomic mass is 9.84. The SMILES string of the molecule is CCC(C)(C)C(=O)C(=O)N1CCCC1C(=O)Cl.OCO. The van der Waals surface area contributed by atoms with E-state index in [1.807, 2.05) is 6.92 Å². The van der Waals surface area contributed by atoms with Gasteiger partial charge in [-0.25, -0.2) is 0 Å². The summed E-state index contributed by atoms with van der Waals surface area (Å²) in [5, 5.41) is 13.7. The Morgan fingerprint density at radius 2 is 1.80 bits per heavy atom. The van der Waals surface area contributed by atoms with Gasteiger partial charge in [-0.2, -0.15) is 0 Å². The Hall–Kier alpha value is -0.980. The number of carbonyl (C=O) groups excluding carboxylic acids is 3. The molecule has 2 N–H and O–H groups in total. The first-order valence-corrected chi connectivity index (χ1v) is 6.87. The third-order valence-corrected chi connectivity index (χ3v) is 3.72. The van der Waals surface area contributed by atoms with Crippen LogP contribution in [-0.4, -0.2) is 51.4 Å². The Morgan fingerprint density at radius 1 is 1.30 bits per heavy atom. The van der Waals surface area contributed by atoms with Crippen molar-refractivity contribution in [1.82, 2.24) is 4.90 Å². The molecule has 0 spiro atoms. The predicted molar refractivity (Wildman–Crippen MR) is 74.0 cm³/mol. The molecule has 0 aromatic carbocycles. The molecule has 0 radical (unpaired) electrons. The molecular formula is C13H22ClNO5. The average Bonchev–Trinajstić information content (AvgIpc) is 2.87. The Bertz CT molecular complexity index is 370. The van der Waals surface area contributed by atoms with Gasteiger partial charge in [0.2, 0.25) is 11.0 Å². The number of rotatable bonds is 4. The summed E-state index contributed by atoms with van der Waals surface area (Å²) in [6.45, 7) is 5.02. The molecule has 1 amide bonds. The van der Waals surface area contributed by atoms with E-state index in [4.69, 9.17) is 21.8 Å². The van der Waals surface area contributed by atoms with Crippen LogP contribution in [0.4, 0.5) is 0 Å². The Labute approximate surface area is 123 Å². The second kappa shape index (κ2) is 8.34. The monoisotopic (exact) mass is 307 g/mol. The van der Waals surface area contributed by atoms with Crippen molar-refractivity contribution < 1.29 is 24.6 Å². The van der Waals surface area contributed by atoms with Gasteiger partial charge in [-0.15, -0.1) is 0 Å². The predicted octanol–water partition coefficient (Wildman–Crippen LogP) is 0.677. The van der Waals surface area contributed by atoms with Crippen LogP contribution in [0.3, 0.4) is 0 Å². The molecule has 1 aliphatic rings. The Kier molecular flexibility index (Phi) is 7.93. The number of ketones is 1. The topological polar surface area (TPSA) is 94.9 Å². The van der Waals surface area contributed by atoms with Gasteiger partial charge < -0.3 is 15.1 Å². The van der Waals surface area contributed by atoms with Crippen LogP contribution >= 0.6 is 11.6 Å². The minimum atomic E-state index is -0.750. The van der Waals surface area contributed by atoms with Gasteiger partial charge in [0.05, 0.1) is 0 Å². The molecule has 7 heteroatoms. The Morgan fingerprint density at radius 3 is 2.20 bits per heavy atom. The second-order valence-electron chi connectivity index (χ2n) is 5.17. The summed E-state index contributed by atoms with van der Waals surface area (Å²) in [6.07, 6.45) is 1.85. The molecule has 1 fully saturated rings. The van der Waals surface area contributed by atoms with E-state index in [9.17, 15) is 14.4 Å². The number of hydrogen-bond acceptors (Lipinski definition) is 5. The van der Waals surface area contributed by atoms with Crippen molar-refractivity contribution in [1.29, 1.82) is 0 Å². The molecule has 0 bridgehead atoms. The lowest BCUT2D eigenvalue weighted by Gasteiger charge is -2.26. The number of amides is 1. The molecule has 1 heterocycles. The van der Waals surface area contributed by atoms with Crippen molar-refractivity contribution in [3.63, 3.8) is 0 Å². The van der Waals surface area contributed by atoms with E-state index in [0.29, 0.717) is 25.8 Å². The van der Waals surface area contributed by atoms with Crippen molar-refractivity contribution in [2.45, 2.75) is 46.1 Å². The van der Waals surface area contributed by atoms with Crippen LogP contribution < -0.4 is 0 Å². The number of carbonyl (C=O) groups is 3. The molecule has 0 saturated carbocycles. The quantitative estimate of drug-likeness (QED) is 0.452. The van der Waals surface area contributed by atoms with E-state index in [2.05, 4.69) is 0 Å². The zero-order chi connectivity index (χ0) is 15.9. The van der Waals surface area contributed by atoms with Gasteiger partial charge >= 0.3 is 0 Å². The van der Waals surface area contributed by atoms with E-state index in [-0.39, 0.29) is 0 Å². The number of likely N-dealkylation sites (tertiary alicyclic amines) is 1. The molecule has 1 rings (SSSR count). The molecule has 1 aliphatic heterocycles. The van der Waals surface area contributed by atoms with Crippen LogP contribution in [0, 0.1) is 5.41 Å². The highest BCUT2D eigenvalue weighted by molar-refractivity contribution is 6.65. The van der Waals surface area contributed by atoms with Crippen LogP contribution in [0.25, 0.3) is 0 Å². The van der Waals surface area contributed by atoms with Gasteiger partial charge in [-0.05, 0) is 30.9 Å². The second-order valence-corrected chi connectivity index (χ2v) is 5.54. The first-order valence-electron chi connectivity index (χ1n) is 6.49. The summed E-state index contributed by atoms with van der Waals surface area (Å²) in [7, 11) is 0. The van der Waals surface area contributed by atoms with E-state index in [1.54, 1.807) is 13.8 Å². The van der Waals surface area contributed by atoms with Crippen molar-refractivity contribution in [3.05, 3.63) is 0 Å². The number of nitrogens with zero attached hydrogens (tertiary/aromatic N) is 1. The first-order chi connectivity index (χ1) is 9.22. The summed E-state index contributed by atoms with van der Waals surface area (Å²) < 4.78 is 0. The van der Waals surface area contributed by atoms with Crippen molar-refractivity contribution >= 4 is 28.5 Å². The normalized spacial score (nSPS) is 18.3. The smallest absolute Gasteiger partial charge is 0.291 e. The Balaban J connectivity index is 0.00000110. The maximum absolute atomic E-state index is 12.0. The van der Waals surface area contributed by atoms with E-state index in [1.165, 1.54) is 4.90 Å². The van der Waals surface area contributed by atoms with Crippen molar-refractivity contribution in [3.8, 4) is 0 Å². The zero-order valence-corrected chi connectivity index (χ0v) is 12.8. The highest BCUT2D eigenvalue weighted by Crippen LogP contribution is 2.26. The molecule has 1 unspecified atom stereocenters. The third-order valence-electron chi connectivity index (χ3n) is 3.47. The highest BCUT2D eigenvalue weighted by Gasteiger charge is 2.40. The number of aliphatic hydroxyl groups is 2. The fraction of sp³-hybridized carbons (Fsp3) is 0.769. The first kappa shape index (κ1) is 19.0. The molecule has 0 aromatic heterocycles. The van der Waals surface area contributed by atoms with Crippen LogP contribution in [0.2, 0.25) is 0 Å². The fourth-order valence-electron chi connectivity index (χ4n) is 1.83. The maximum Gasteiger partial charge on any atom is 0.291 e. The van der Waals surface area contributed by atoms with Crippen molar-refractivity contribution in [2.24, 2.45) is 5.41 Å². The van der Waals surface area contributed by atoms with Gasteiger partial charge in [0, 0.05) is 12.0 Å². The van der Waals surface area contributed by atoms with Gasteiger partial charge in [0.15, 0.2) is 0 Å². The number of hydrogen-bond donors (Lipinski definition) is 2. The van der Waals surface area contributed by atoms with Crippen LogP contribution in [0.5, 0.6) is 0 Å². The molecule has 0 aromatic rings. The standard InChI is InChI=1S/C12H18ClNO3.CH4O2/c1-4-12(2,3)9(15)11(17)14-7-5-6-8(14)10(13)16;2-1-3/h8H,4-7H2,1-3H3;2-3H,1H2. The summed E-state index contributed by atoms with van der Waals surface area (Å²) in [6, 6.07) is -0.624. The largest absolute Gasteiger partial charge is 0.371 e. The molecule has 116 valence electrons. The number of Topliss-reactive ketones (excluding diaryl/α,β-unsaturated/α-hetero) is 1.